The number of H-pyrrole nitrogens is 1. The molecule has 7 nitrogen and oxygen atoms in total. The van der Waals surface area contributed by atoms with Crippen molar-refractivity contribution < 1.29 is 18.8 Å². The molecular weight excluding hydrogens is 399 g/mol. The van der Waals surface area contributed by atoms with E-state index in [9.17, 15) is 18.8 Å². The third-order valence-corrected chi connectivity index (χ3v) is 5.39. The summed E-state index contributed by atoms with van der Waals surface area (Å²) in [6.07, 6.45) is 4.06. The molecule has 1 aromatic carbocycles. The molecule has 1 heterocycles. The zero-order valence-electron chi connectivity index (χ0n) is 15.9. The second-order valence-corrected chi connectivity index (χ2v) is 7.45. The number of nitrogens with zero attached hydrogens (tertiary/aromatic N) is 1. The first kappa shape index (κ1) is 21.0. The second-order valence-electron chi connectivity index (χ2n) is 7.04. The third kappa shape index (κ3) is 5.00. The largest absolute Gasteiger partial charge is 0.348 e. The number of aromatic nitrogens is 2. The zero-order chi connectivity index (χ0) is 21.0. The minimum atomic E-state index is -0.467. The highest BCUT2D eigenvalue weighted by molar-refractivity contribution is 6.33. The molecule has 0 atom stereocenters. The fourth-order valence-electron chi connectivity index (χ4n) is 3.43. The predicted molar refractivity (Wildman–Crippen MR) is 106 cm³/mol. The SMILES string of the molecule is CCC(=O)c1nc[nH]c1C(=O)NC1CCC(C(=O)Nc2ccc(F)cc2Cl)CC1. The Hall–Kier alpha value is -2.74. The van der Waals surface area contributed by atoms with Crippen LogP contribution in [-0.4, -0.2) is 33.6 Å². The van der Waals surface area contributed by atoms with Gasteiger partial charge in [-0.15, -0.1) is 0 Å². The van der Waals surface area contributed by atoms with E-state index in [-0.39, 0.29) is 52.4 Å². The Morgan fingerprint density at radius 3 is 2.62 bits per heavy atom. The van der Waals surface area contributed by atoms with E-state index < -0.39 is 5.82 Å². The van der Waals surface area contributed by atoms with Crippen LogP contribution < -0.4 is 10.6 Å². The fraction of sp³-hybridized carbons (Fsp3) is 0.400. The number of halogens is 2. The van der Waals surface area contributed by atoms with Gasteiger partial charge in [0.05, 0.1) is 17.0 Å². The molecule has 1 saturated carbocycles. The van der Waals surface area contributed by atoms with Crippen LogP contribution in [0.4, 0.5) is 10.1 Å². The molecule has 0 saturated heterocycles. The van der Waals surface area contributed by atoms with Crippen molar-refractivity contribution in [1.29, 1.82) is 0 Å². The van der Waals surface area contributed by atoms with Gasteiger partial charge in [-0.1, -0.05) is 18.5 Å². The Morgan fingerprint density at radius 1 is 1.24 bits per heavy atom. The van der Waals surface area contributed by atoms with E-state index in [2.05, 4.69) is 20.6 Å². The Labute approximate surface area is 172 Å². The van der Waals surface area contributed by atoms with Crippen molar-refractivity contribution in [2.75, 3.05) is 5.32 Å². The molecule has 0 aliphatic heterocycles. The van der Waals surface area contributed by atoms with E-state index in [0.717, 1.165) is 6.07 Å². The summed E-state index contributed by atoms with van der Waals surface area (Å²) in [5, 5.41) is 5.79. The first-order valence-corrected chi connectivity index (χ1v) is 9.90. The van der Waals surface area contributed by atoms with Crippen LogP contribution in [-0.2, 0) is 4.79 Å². The predicted octanol–water partition coefficient (Wildman–Crippen LogP) is 3.72. The number of carbonyl (C=O) groups is 3. The number of rotatable bonds is 6. The topological polar surface area (TPSA) is 104 Å². The molecule has 0 bridgehead atoms. The summed E-state index contributed by atoms with van der Waals surface area (Å²) in [6, 6.07) is 3.73. The van der Waals surface area contributed by atoms with Gasteiger partial charge < -0.3 is 15.6 Å². The highest BCUT2D eigenvalue weighted by atomic mass is 35.5. The van der Waals surface area contributed by atoms with Crippen LogP contribution in [0, 0.1) is 11.7 Å². The van der Waals surface area contributed by atoms with Gasteiger partial charge in [0.2, 0.25) is 5.91 Å². The van der Waals surface area contributed by atoms with Crippen LogP contribution in [0.5, 0.6) is 0 Å². The first-order chi connectivity index (χ1) is 13.9. The lowest BCUT2D eigenvalue weighted by Gasteiger charge is -2.28. The summed E-state index contributed by atoms with van der Waals surface area (Å²) in [4.78, 5) is 43.5. The van der Waals surface area contributed by atoms with Crippen LogP contribution in [0.1, 0.15) is 60.0 Å². The van der Waals surface area contributed by atoms with Gasteiger partial charge in [0, 0.05) is 18.4 Å². The number of imidazole rings is 1. The summed E-state index contributed by atoms with van der Waals surface area (Å²) < 4.78 is 13.1. The van der Waals surface area contributed by atoms with Gasteiger partial charge in [0.1, 0.15) is 17.2 Å². The van der Waals surface area contributed by atoms with Crippen LogP contribution in [0.25, 0.3) is 0 Å². The maximum Gasteiger partial charge on any atom is 0.270 e. The maximum atomic E-state index is 13.1. The van der Waals surface area contributed by atoms with Gasteiger partial charge in [-0.25, -0.2) is 9.37 Å². The quantitative estimate of drug-likeness (QED) is 0.619. The summed E-state index contributed by atoms with van der Waals surface area (Å²) >= 11 is 5.95. The van der Waals surface area contributed by atoms with Gasteiger partial charge in [0.25, 0.3) is 5.91 Å². The van der Waals surface area contributed by atoms with Gasteiger partial charge in [-0.3, -0.25) is 14.4 Å². The number of nitrogens with one attached hydrogen (secondary N) is 3. The highest BCUT2D eigenvalue weighted by Gasteiger charge is 2.29. The van der Waals surface area contributed by atoms with Crippen molar-refractivity contribution in [3.63, 3.8) is 0 Å². The molecular formula is C20H22ClFN4O3. The molecule has 2 amide bonds. The molecule has 0 radical (unpaired) electrons. The Kier molecular flexibility index (Phi) is 6.64. The standard InChI is InChI=1S/C20H22ClFN4O3/c1-2-16(27)17-18(24-10-23-17)20(29)25-13-6-3-11(4-7-13)19(28)26-15-8-5-12(22)9-14(15)21/h5,8-11,13H,2-4,6-7H2,1H3,(H,23,24)(H,25,29)(H,26,28). The van der Waals surface area contributed by atoms with E-state index >= 15 is 0 Å². The smallest absolute Gasteiger partial charge is 0.270 e. The van der Waals surface area contributed by atoms with Crippen LogP contribution in [0.3, 0.4) is 0 Å². The molecule has 29 heavy (non-hydrogen) atoms. The minimum Gasteiger partial charge on any atom is -0.348 e. The molecule has 3 N–H and O–H groups in total. The van der Waals surface area contributed by atoms with Crippen molar-refractivity contribution in [3.8, 4) is 0 Å². The summed E-state index contributed by atoms with van der Waals surface area (Å²) in [5.74, 6) is -1.42. The summed E-state index contributed by atoms with van der Waals surface area (Å²) in [6.45, 7) is 1.71. The van der Waals surface area contributed by atoms with E-state index in [1.165, 1.54) is 18.5 Å². The Morgan fingerprint density at radius 2 is 1.97 bits per heavy atom. The Balaban J connectivity index is 1.52. The van der Waals surface area contributed by atoms with E-state index in [0.29, 0.717) is 31.4 Å². The molecule has 9 heteroatoms. The van der Waals surface area contributed by atoms with Gasteiger partial charge in [0.15, 0.2) is 5.78 Å². The molecule has 1 aromatic heterocycles. The van der Waals surface area contributed by atoms with Gasteiger partial charge in [-0.2, -0.15) is 0 Å². The monoisotopic (exact) mass is 420 g/mol. The molecule has 2 aromatic rings. The highest BCUT2D eigenvalue weighted by Crippen LogP contribution is 2.28. The lowest BCUT2D eigenvalue weighted by atomic mass is 9.85. The van der Waals surface area contributed by atoms with Crippen molar-refractivity contribution in [2.45, 2.75) is 45.1 Å². The number of carbonyl (C=O) groups excluding carboxylic acids is 3. The van der Waals surface area contributed by atoms with Crippen molar-refractivity contribution in [1.82, 2.24) is 15.3 Å². The zero-order valence-corrected chi connectivity index (χ0v) is 16.7. The minimum absolute atomic E-state index is 0.0890. The molecule has 1 aliphatic carbocycles. The van der Waals surface area contributed by atoms with Crippen LogP contribution in [0.2, 0.25) is 5.02 Å². The normalized spacial score (nSPS) is 18.9. The first-order valence-electron chi connectivity index (χ1n) is 9.52. The van der Waals surface area contributed by atoms with Gasteiger partial charge in [-0.05, 0) is 43.9 Å². The Bertz CT molecular complexity index is 922. The van der Waals surface area contributed by atoms with E-state index in [1.807, 2.05) is 0 Å². The number of ketones is 1. The van der Waals surface area contributed by atoms with E-state index in [4.69, 9.17) is 11.6 Å². The van der Waals surface area contributed by atoms with Crippen LogP contribution in [0.15, 0.2) is 24.5 Å². The number of Topliss-reactive ketones (excluding diaryl/α,β-unsaturated/α-hetero) is 1. The average molecular weight is 421 g/mol. The van der Waals surface area contributed by atoms with Gasteiger partial charge >= 0.3 is 0 Å². The fourth-order valence-corrected chi connectivity index (χ4v) is 3.64. The molecule has 1 fully saturated rings. The number of anilines is 1. The lowest BCUT2D eigenvalue weighted by molar-refractivity contribution is -0.120. The van der Waals surface area contributed by atoms with E-state index in [1.54, 1.807) is 6.92 Å². The summed E-state index contributed by atoms with van der Waals surface area (Å²) in [7, 11) is 0. The molecule has 1 aliphatic rings. The number of hydrogen-bond acceptors (Lipinski definition) is 4. The number of amides is 2. The molecule has 154 valence electrons. The number of benzene rings is 1. The van der Waals surface area contributed by atoms with Crippen LogP contribution >= 0.6 is 11.6 Å². The number of aromatic amines is 1. The molecule has 0 unspecified atom stereocenters. The third-order valence-electron chi connectivity index (χ3n) is 5.07. The maximum absolute atomic E-state index is 13.1. The average Bonchev–Trinajstić information content (AvgIpc) is 3.20. The summed E-state index contributed by atoms with van der Waals surface area (Å²) in [5.41, 5.74) is 0.692. The lowest BCUT2D eigenvalue weighted by Crippen LogP contribution is -2.40. The number of hydrogen-bond donors (Lipinski definition) is 3. The second kappa shape index (κ2) is 9.17. The van der Waals surface area contributed by atoms with Crippen molar-refractivity contribution in [3.05, 3.63) is 46.8 Å². The van der Waals surface area contributed by atoms with Crippen molar-refractivity contribution in [2.24, 2.45) is 5.92 Å². The van der Waals surface area contributed by atoms with Crippen molar-refractivity contribution >= 4 is 34.9 Å². The molecule has 0 spiro atoms. The molecule has 3 rings (SSSR count).